The van der Waals surface area contributed by atoms with Crippen molar-refractivity contribution in [2.45, 2.75) is 34.2 Å². The molecule has 29 heavy (non-hydrogen) atoms. The first kappa shape index (κ1) is 18.9. The van der Waals surface area contributed by atoms with Crippen LogP contribution in [-0.4, -0.2) is 30.5 Å². The number of carbonyl (C=O) groups is 1. The average molecular weight is 388 g/mol. The van der Waals surface area contributed by atoms with Crippen LogP contribution in [0.25, 0.3) is 22.3 Å². The zero-order valence-electron chi connectivity index (χ0n) is 17.3. The highest BCUT2D eigenvalue weighted by Gasteiger charge is 2.20. The van der Waals surface area contributed by atoms with Crippen LogP contribution in [0.1, 0.15) is 34.2 Å². The van der Waals surface area contributed by atoms with E-state index in [1.165, 1.54) is 5.56 Å². The number of amides is 1. The number of fused-ring (bicyclic) bond motifs is 1. The fourth-order valence-corrected chi connectivity index (χ4v) is 3.54. The number of anilines is 1. The van der Waals surface area contributed by atoms with Gasteiger partial charge in [-0.2, -0.15) is 10.2 Å². The molecule has 4 rings (SSSR count). The minimum atomic E-state index is -0.201. The lowest BCUT2D eigenvalue weighted by Gasteiger charge is -2.10. The van der Waals surface area contributed by atoms with Crippen LogP contribution in [0.5, 0.6) is 0 Å². The number of nitrogens with one attached hydrogen (secondary N) is 1. The third kappa shape index (κ3) is 3.40. The van der Waals surface area contributed by atoms with Crippen molar-refractivity contribution in [2.75, 3.05) is 5.32 Å². The van der Waals surface area contributed by atoms with E-state index in [-0.39, 0.29) is 5.91 Å². The van der Waals surface area contributed by atoms with Gasteiger partial charge in [0.2, 0.25) is 0 Å². The standard InChI is InChI=1S/C22H24N6O/c1-6-28-21-20(15(4)26-28)17(22(29)24-19-11-14(3)25-27(19)5)12-18(23-21)16-9-7-13(2)8-10-16/h7-12H,6H2,1-5H3,(H,24,29). The van der Waals surface area contributed by atoms with Gasteiger partial charge in [0.25, 0.3) is 5.91 Å². The van der Waals surface area contributed by atoms with E-state index >= 15 is 0 Å². The Bertz CT molecular complexity index is 1220. The number of carbonyl (C=O) groups excluding carboxylic acids is 1. The number of hydrogen-bond acceptors (Lipinski definition) is 4. The first-order valence-electron chi connectivity index (χ1n) is 9.64. The molecule has 3 heterocycles. The highest BCUT2D eigenvalue weighted by Crippen LogP contribution is 2.28. The van der Waals surface area contributed by atoms with Gasteiger partial charge in [-0.25, -0.2) is 9.67 Å². The molecule has 0 unspecified atom stereocenters. The normalized spacial score (nSPS) is 11.2. The highest BCUT2D eigenvalue weighted by atomic mass is 16.1. The predicted molar refractivity (Wildman–Crippen MR) is 114 cm³/mol. The molecule has 0 spiro atoms. The monoisotopic (exact) mass is 388 g/mol. The lowest BCUT2D eigenvalue weighted by atomic mass is 10.0. The number of hydrogen-bond donors (Lipinski definition) is 1. The summed E-state index contributed by atoms with van der Waals surface area (Å²) in [4.78, 5) is 18.1. The number of pyridine rings is 1. The van der Waals surface area contributed by atoms with Crippen LogP contribution in [0.15, 0.2) is 36.4 Å². The quantitative estimate of drug-likeness (QED) is 0.573. The maximum absolute atomic E-state index is 13.3. The van der Waals surface area contributed by atoms with Gasteiger partial charge in [0, 0.05) is 25.2 Å². The molecule has 0 saturated heterocycles. The molecule has 0 aliphatic rings. The van der Waals surface area contributed by atoms with E-state index in [2.05, 4.69) is 15.5 Å². The third-order valence-corrected chi connectivity index (χ3v) is 5.01. The number of nitrogens with zero attached hydrogens (tertiary/aromatic N) is 5. The highest BCUT2D eigenvalue weighted by molar-refractivity contribution is 6.13. The molecule has 3 aromatic heterocycles. The maximum atomic E-state index is 13.3. The Hall–Kier alpha value is -3.48. The molecule has 1 aromatic carbocycles. The molecule has 148 valence electrons. The van der Waals surface area contributed by atoms with Crippen molar-refractivity contribution >= 4 is 22.8 Å². The van der Waals surface area contributed by atoms with Gasteiger partial charge in [0.15, 0.2) is 5.65 Å². The Morgan fingerprint density at radius 2 is 1.79 bits per heavy atom. The molecular weight excluding hydrogens is 364 g/mol. The maximum Gasteiger partial charge on any atom is 0.257 e. The second-order valence-electron chi connectivity index (χ2n) is 7.27. The average Bonchev–Trinajstić information content (AvgIpc) is 3.19. The third-order valence-electron chi connectivity index (χ3n) is 5.01. The van der Waals surface area contributed by atoms with E-state index in [4.69, 9.17) is 4.98 Å². The largest absolute Gasteiger partial charge is 0.307 e. The van der Waals surface area contributed by atoms with E-state index in [9.17, 15) is 4.79 Å². The van der Waals surface area contributed by atoms with E-state index in [0.717, 1.165) is 33.7 Å². The molecule has 0 bridgehead atoms. The van der Waals surface area contributed by atoms with Gasteiger partial charge in [0.1, 0.15) is 5.82 Å². The fourth-order valence-electron chi connectivity index (χ4n) is 3.54. The van der Waals surface area contributed by atoms with Crippen molar-refractivity contribution in [1.82, 2.24) is 24.5 Å². The molecule has 0 atom stereocenters. The first-order chi connectivity index (χ1) is 13.9. The fraction of sp³-hybridized carbons (Fsp3) is 0.273. The molecule has 0 saturated carbocycles. The minimum Gasteiger partial charge on any atom is -0.307 e. The van der Waals surface area contributed by atoms with Crippen LogP contribution in [0.3, 0.4) is 0 Å². The molecule has 0 aliphatic carbocycles. The van der Waals surface area contributed by atoms with Crippen molar-refractivity contribution in [3.63, 3.8) is 0 Å². The summed E-state index contributed by atoms with van der Waals surface area (Å²) in [7, 11) is 1.81. The Morgan fingerprint density at radius 1 is 1.07 bits per heavy atom. The Kier molecular flexibility index (Phi) is 4.66. The van der Waals surface area contributed by atoms with Gasteiger partial charge < -0.3 is 5.32 Å². The van der Waals surface area contributed by atoms with E-state index in [1.54, 1.807) is 4.68 Å². The number of rotatable bonds is 4. The summed E-state index contributed by atoms with van der Waals surface area (Å²) in [6, 6.07) is 11.8. The summed E-state index contributed by atoms with van der Waals surface area (Å²) in [5, 5.41) is 12.6. The Labute approximate surface area is 169 Å². The van der Waals surface area contributed by atoms with Crippen molar-refractivity contribution < 1.29 is 4.79 Å². The van der Waals surface area contributed by atoms with Crippen molar-refractivity contribution in [3.8, 4) is 11.3 Å². The van der Waals surface area contributed by atoms with Crippen molar-refractivity contribution in [3.05, 3.63) is 58.9 Å². The second kappa shape index (κ2) is 7.16. The molecule has 0 radical (unpaired) electrons. The summed E-state index contributed by atoms with van der Waals surface area (Å²) in [6.45, 7) is 8.55. The molecular formula is C22H24N6O. The smallest absolute Gasteiger partial charge is 0.257 e. The topological polar surface area (TPSA) is 77.6 Å². The van der Waals surface area contributed by atoms with Gasteiger partial charge >= 0.3 is 0 Å². The first-order valence-corrected chi connectivity index (χ1v) is 9.64. The van der Waals surface area contributed by atoms with Crippen LogP contribution < -0.4 is 5.32 Å². The number of aromatic nitrogens is 5. The number of aryl methyl sites for hydroxylation is 5. The zero-order chi connectivity index (χ0) is 20.7. The zero-order valence-corrected chi connectivity index (χ0v) is 17.3. The van der Waals surface area contributed by atoms with Crippen LogP contribution >= 0.6 is 0 Å². The summed E-state index contributed by atoms with van der Waals surface area (Å²) in [5.41, 5.74) is 5.79. The lowest BCUT2D eigenvalue weighted by molar-refractivity contribution is 0.102. The molecule has 7 nitrogen and oxygen atoms in total. The van der Waals surface area contributed by atoms with Crippen LogP contribution in [0.4, 0.5) is 5.82 Å². The minimum absolute atomic E-state index is 0.201. The van der Waals surface area contributed by atoms with Crippen molar-refractivity contribution in [2.24, 2.45) is 7.05 Å². The van der Waals surface area contributed by atoms with Crippen LogP contribution in [-0.2, 0) is 13.6 Å². The molecule has 1 N–H and O–H groups in total. The van der Waals surface area contributed by atoms with Gasteiger partial charge in [-0.1, -0.05) is 29.8 Å². The van der Waals surface area contributed by atoms with Crippen LogP contribution in [0, 0.1) is 20.8 Å². The van der Waals surface area contributed by atoms with Crippen LogP contribution in [0.2, 0.25) is 0 Å². The second-order valence-corrected chi connectivity index (χ2v) is 7.27. The lowest BCUT2D eigenvalue weighted by Crippen LogP contribution is -2.15. The summed E-state index contributed by atoms with van der Waals surface area (Å²) in [6.07, 6.45) is 0. The molecule has 4 aromatic rings. The molecule has 0 aliphatic heterocycles. The summed E-state index contributed by atoms with van der Waals surface area (Å²) < 4.78 is 3.50. The summed E-state index contributed by atoms with van der Waals surface area (Å²) >= 11 is 0. The SMILES string of the molecule is CCn1nc(C)c2c(C(=O)Nc3cc(C)nn3C)cc(-c3ccc(C)cc3)nc21. The van der Waals surface area contributed by atoms with Gasteiger partial charge in [0.05, 0.1) is 28.0 Å². The number of benzene rings is 1. The molecule has 0 fully saturated rings. The molecule has 1 amide bonds. The predicted octanol–water partition coefficient (Wildman–Crippen LogP) is 4.03. The molecule has 7 heteroatoms. The Balaban J connectivity index is 1.88. The van der Waals surface area contributed by atoms with Gasteiger partial charge in [-0.05, 0) is 33.8 Å². The summed E-state index contributed by atoms with van der Waals surface area (Å²) in [5.74, 6) is 0.447. The van der Waals surface area contributed by atoms with E-state index in [0.29, 0.717) is 17.9 Å². The van der Waals surface area contributed by atoms with Gasteiger partial charge in [-0.3, -0.25) is 9.48 Å². The van der Waals surface area contributed by atoms with Crippen molar-refractivity contribution in [1.29, 1.82) is 0 Å². The van der Waals surface area contributed by atoms with E-state index in [1.807, 2.05) is 75.8 Å². The van der Waals surface area contributed by atoms with Gasteiger partial charge in [-0.15, -0.1) is 0 Å². The Morgan fingerprint density at radius 3 is 2.41 bits per heavy atom. The van der Waals surface area contributed by atoms with E-state index < -0.39 is 0 Å².